The molecule has 1 heterocycles. The van der Waals surface area contributed by atoms with Crippen LogP contribution in [-0.2, 0) is 37.7 Å². The number of hydrogen-bond acceptors (Lipinski definition) is 4. The molecule has 4 N–H and O–H groups in total. The number of rotatable bonds is 7. The molecule has 0 bridgehead atoms. The molecule has 0 spiro atoms. The zero-order valence-electron chi connectivity index (χ0n) is 11.0. The van der Waals surface area contributed by atoms with E-state index in [1.165, 1.54) is 12.1 Å². The molecular formula is C12H15FN2O5S. The molecule has 2 rings (SSSR count). The Bertz CT molecular complexity index is 565. The van der Waals surface area contributed by atoms with Gasteiger partial charge in [-0.15, -0.1) is 0 Å². The number of carbonyl (C=O) groups excluding carboxylic acids is 1. The van der Waals surface area contributed by atoms with Crippen molar-refractivity contribution >= 4 is 17.2 Å². The first kappa shape index (κ1) is 16.0. The van der Waals surface area contributed by atoms with Gasteiger partial charge >= 0.3 is 0 Å². The first-order chi connectivity index (χ1) is 9.93. The standard InChI is InChI=1S/C12H15FN2O5S/c13-10-3-9(2-1-8(10)4-15-21(17)18)12(6-19-7-12)20-5-11(14)16/h1-3,15H,4-7H2,(H2,14,16)(H,17,18). The van der Waals surface area contributed by atoms with Crippen LogP contribution in [-0.4, -0.2) is 34.5 Å². The lowest BCUT2D eigenvalue weighted by Crippen LogP contribution is -2.50. The highest BCUT2D eigenvalue weighted by Crippen LogP contribution is 2.34. The molecule has 1 aromatic rings. The van der Waals surface area contributed by atoms with Gasteiger partial charge in [0.2, 0.25) is 17.2 Å². The molecular weight excluding hydrogens is 303 g/mol. The van der Waals surface area contributed by atoms with Crippen molar-refractivity contribution in [2.75, 3.05) is 19.8 Å². The molecule has 0 saturated carbocycles. The first-order valence-electron chi connectivity index (χ1n) is 6.06. The monoisotopic (exact) mass is 318 g/mol. The van der Waals surface area contributed by atoms with Crippen LogP contribution in [0.25, 0.3) is 0 Å². The van der Waals surface area contributed by atoms with Gasteiger partial charge < -0.3 is 15.2 Å². The van der Waals surface area contributed by atoms with Crippen molar-refractivity contribution in [1.82, 2.24) is 4.72 Å². The number of nitrogens with two attached hydrogens (primary N) is 1. The number of halogens is 1. The Kier molecular flexibility index (Phi) is 5.01. The summed E-state index contributed by atoms with van der Waals surface area (Å²) in [4.78, 5) is 10.8. The van der Waals surface area contributed by atoms with E-state index >= 15 is 0 Å². The van der Waals surface area contributed by atoms with Crippen LogP contribution in [0.4, 0.5) is 4.39 Å². The fourth-order valence-corrected chi connectivity index (χ4v) is 2.22. The zero-order valence-corrected chi connectivity index (χ0v) is 11.8. The number of ether oxygens (including phenoxy) is 2. The van der Waals surface area contributed by atoms with Gasteiger partial charge in [-0.05, 0) is 11.6 Å². The van der Waals surface area contributed by atoms with Gasteiger partial charge in [0.25, 0.3) is 0 Å². The Balaban J connectivity index is 2.14. The summed E-state index contributed by atoms with van der Waals surface area (Å²) >= 11 is -2.21. The highest BCUT2D eigenvalue weighted by molar-refractivity contribution is 7.77. The van der Waals surface area contributed by atoms with Gasteiger partial charge in [0, 0.05) is 12.1 Å². The summed E-state index contributed by atoms with van der Waals surface area (Å²) in [7, 11) is 0. The van der Waals surface area contributed by atoms with Crippen molar-refractivity contribution in [3.63, 3.8) is 0 Å². The molecule has 9 heteroatoms. The van der Waals surface area contributed by atoms with E-state index in [0.29, 0.717) is 5.56 Å². The maximum absolute atomic E-state index is 14.0. The topological polar surface area (TPSA) is 111 Å². The summed E-state index contributed by atoms with van der Waals surface area (Å²) < 4.78 is 45.8. The molecule has 1 saturated heterocycles. The Morgan fingerprint density at radius 3 is 2.76 bits per heavy atom. The van der Waals surface area contributed by atoms with Gasteiger partial charge in [0.05, 0.1) is 13.2 Å². The van der Waals surface area contributed by atoms with Crippen LogP contribution in [0.5, 0.6) is 0 Å². The molecule has 1 amide bonds. The van der Waals surface area contributed by atoms with Crippen molar-refractivity contribution in [2.45, 2.75) is 12.1 Å². The summed E-state index contributed by atoms with van der Waals surface area (Å²) in [6, 6.07) is 4.38. The van der Waals surface area contributed by atoms with E-state index in [-0.39, 0.29) is 31.9 Å². The van der Waals surface area contributed by atoms with Gasteiger partial charge in [0.15, 0.2) is 0 Å². The van der Waals surface area contributed by atoms with Crippen molar-refractivity contribution in [2.24, 2.45) is 5.73 Å². The number of primary amides is 1. The predicted molar refractivity (Wildman–Crippen MR) is 71.7 cm³/mol. The molecule has 1 aliphatic heterocycles. The quantitative estimate of drug-likeness (QED) is 0.602. The van der Waals surface area contributed by atoms with Crippen LogP contribution in [0, 0.1) is 5.82 Å². The van der Waals surface area contributed by atoms with Crippen molar-refractivity contribution in [3.05, 3.63) is 35.1 Å². The average molecular weight is 318 g/mol. The van der Waals surface area contributed by atoms with E-state index in [4.69, 9.17) is 19.8 Å². The summed E-state index contributed by atoms with van der Waals surface area (Å²) in [6.07, 6.45) is 0. The molecule has 0 aliphatic carbocycles. The average Bonchev–Trinajstić information content (AvgIpc) is 2.36. The normalized spacial score (nSPS) is 18.0. The number of amides is 1. The Morgan fingerprint density at radius 2 is 2.29 bits per heavy atom. The first-order valence-corrected chi connectivity index (χ1v) is 7.17. The maximum atomic E-state index is 14.0. The minimum Gasteiger partial charge on any atom is -0.375 e. The van der Waals surface area contributed by atoms with Crippen LogP contribution >= 0.6 is 0 Å². The van der Waals surface area contributed by atoms with Crippen LogP contribution < -0.4 is 10.5 Å². The zero-order chi connectivity index (χ0) is 15.5. The van der Waals surface area contributed by atoms with Crippen LogP contribution in [0.1, 0.15) is 11.1 Å². The Labute approximate surface area is 123 Å². The van der Waals surface area contributed by atoms with Crippen molar-refractivity contribution in [3.8, 4) is 0 Å². The molecule has 116 valence electrons. The van der Waals surface area contributed by atoms with Crippen molar-refractivity contribution in [1.29, 1.82) is 0 Å². The Hall–Kier alpha value is -1.39. The predicted octanol–water partition coefficient (Wildman–Crippen LogP) is -0.221. The molecule has 1 aliphatic rings. The van der Waals surface area contributed by atoms with Crippen LogP contribution in [0.3, 0.4) is 0 Å². The SMILES string of the molecule is NC(=O)COC1(c2ccc(CNS(=O)O)c(F)c2)COC1. The van der Waals surface area contributed by atoms with E-state index in [1.807, 2.05) is 0 Å². The van der Waals surface area contributed by atoms with Gasteiger partial charge in [-0.3, -0.25) is 9.35 Å². The molecule has 21 heavy (non-hydrogen) atoms. The number of benzene rings is 1. The van der Waals surface area contributed by atoms with Crippen LogP contribution in [0.15, 0.2) is 18.2 Å². The van der Waals surface area contributed by atoms with E-state index in [2.05, 4.69) is 4.72 Å². The Morgan fingerprint density at radius 1 is 1.57 bits per heavy atom. The fraction of sp³-hybridized carbons (Fsp3) is 0.417. The second kappa shape index (κ2) is 6.58. The highest BCUT2D eigenvalue weighted by atomic mass is 32.2. The van der Waals surface area contributed by atoms with E-state index in [0.717, 1.165) is 0 Å². The summed E-state index contributed by atoms with van der Waals surface area (Å²) in [5.41, 5.74) is 4.94. The second-order valence-corrected chi connectivity index (χ2v) is 5.41. The summed E-state index contributed by atoms with van der Waals surface area (Å²) in [5.74, 6) is -1.16. The molecule has 0 aromatic heterocycles. The highest BCUT2D eigenvalue weighted by Gasteiger charge is 2.42. The number of carbonyl (C=O) groups is 1. The third-order valence-electron chi connectivity index (χ3n) is 3.13. The van der Waals surface area contributed by atoms with Gasteiger partial charge in [-0.25, -0.2) is 13.3 Å². The van der Waals surface area contributed by atoms with E-state index in [9.17, 15) is 13.4 Å². The van der Waals surface area contributed by atoms with Crippen molar-refractivity contribution < 1.29 is 27.4 Å². The fourth-order valence-electron chi connectivity index (χ4n) is 1.94. The summed E-state index contributed by atoms with van der Waals surface area (Å²) in [6.45, 7) is 0.0502. The minimum absolute atomic E-state index is 0.0825. The molecule has 0 radical (unpaired) electrons. The lowest BCUT2D eigenvalue weighted by atomic mass is 9.90. The molecule has 7 nitrogen and oxygen atoms in total. The van der Waals surface area contributed by atoms with E-state index < -0.39 is 28.6 Å². The largest absolute Gasteiger partial charge is 0.375 e. The smallest absolute Gasteiger partial charge is 0.243 e. The van der Waals surface area contributed by atoms with Gasteiger partial charge in [-0.2, -0.15) is 0 Å². The number of hydrogen-bond donors (Lipinski definition) is 3. The third-order valence-corrected chi connectivity index (χ3v) is 3.52. The lowest BCUT2D eigenvalue weighted by Gasteiger charge is -2.41. The van der Waals surface area contributed by atoms with Gasteiger partial charge in [-0.1, -0.05) is 12.1 Å². The lowest BCUT2D eigenvalue weighted by molar-refractivity contribution is -0.215. The van der Waals surface area contributed by atoms with E-state index in [1.54, 1.807) is 6.07 Å². The maximum Gasteiger partial charge on any atom is 0.243 e. The van der Waals surface area contributed by atoms with Gasteiger partial charge in [0.1, 0.15) is 18.0 Å². The minimum atomic E-state index is -2.21. The number of nitrogens with one attached hydrogen (secondary N) is 1. The second-order valence-electron chi connectivity index (χ2n) is 4.62. The molecule has 1 atom stereocenters. The molecule has 1 fully saturated rings. The summed E-state index contributed by atoms with van der Waals surface area (Å²) in [5, 5.41) is 0. The third kappa shape index (κ3) is 3.83. The molecule has 1 unspecified atom stereocenters. The molecule has 1 aromatic carbocycles. The van der Waals surface area contributed by atoms with Crippen LogP contribution in [0.2, 0.25) is 0 Å².